The Morgan fingerprint density at radius 2 is 1.60 bits per heavy atom. The third kappa shape index (κ3) is 10.6. The highest BCUT2D eigenvalue weighted by Gasteiger charge is 2.62. The van der Waals surface area contributed by atoms with Gasteiger partial charge in [-0.1, -0.05) is 76.2 Å². The molecule has 5 rings (SSSR count). The summed E-state index contributed by atoms with van der Waals surface area (Å²) in [7, 11) is -4.65. The zero-order valence-corrected chi connectivity index (χ0v) is 34.3. The molecule has 3 heterocycles. The van der Waals surface area contributed by atoms with Crippen LogP contribution in [0.2, 0.25) is 0 Å². The van der Waals surface area contributed by atoms with Crippen molar-refractivity contribution < 1.29 is 51.7 Å². The van der Waals surface area contributed by atoms with Crippen molar-refractivity contribution in [2.45, 2.75) is 90.6 Å². The molecule has 0 spiro atoms. The van der Waals surface area contributed by atoms with Crippen LogP contribution in [0.1, 0.15) is 65.8 Å². The predicted molar refractivity (Wildman–Crippen MR) is 209 cm³/mol. The van der Waals surface area contributed by atoms with Crippen LogP contribution in [0.15, 0.2) is 79.1 Å². The first kappa shape index (κ1) is 43.7. The van der Waals surface area contributed by atoms with Gasteiger partial charge in [0.15, 0.2) is 18.0 Å². The topological polar surface area (TPSA) is 225 Å². The molecule has 2 aromatic heterocycles. The van der Waals surface area contributed by atoms with E-state index in [-0.39, 0.29) is 30.5 Å². The quantitative estimate of drug-likeness (QED) is 0.0718. The summed E-state index contributed by atoms with van der Waals surface area (Å²) < 4.78 is 57.7. The van der Waals surface area contributed by atoms with E-state index in [9.17, 15) is 24.2 Å². The fourth-order valence-corrected chi connectivity index (χ4v) is 7.22. The van der Waals surface area contributed by atoms with Gasteiger partial charge in [0.2, 0.25) is 5.60 Å². The largest absolute Gasteiger partial charge is 0.461 e. The van der Waals surface area contributed by atoms with Gasteiger partial charge in [-0.05, 0) is 50.6 Å². The molecular weight excluding hydrogens is 771 g/mol. The maximum Gasteiger partial charge on any atom is 0.459 e. The Kier molecular flexibility index (Phi) is 13.9. The van der Waals surface area contributed by atoms with Crippen molar-refractivity contribution in [2.24, 2.45) is 11.8 Å². The van der Waals surface area contributed by atoms with Crippen molar-refractivity contribution in [3.05, 3.63) is 90.4 Å². The Morgan fingerprint density at radius 3 is 2.24 bits per heavy atom. The number of esters is 3. The lowest BCUT2D eigenvalue weighted by atomic mass is 9.95. The zero-order chi connectivity index (χ0) is 42.3. The number of carbonyl (C=O) groups excluding carboxylic acids is 3. The number of nitrogen functional groups attached to an aromatic ring is 1. The van der Waals surface area contributed by atoms with E-state index < -0.39 is 79.7 Å². The fourth-order valence-electron chi connectivity index (χ4n) is 5.70. The molecular formula is C40H49N6O11P. The summed E-state index contributed by atoms with van der Waals surface area (Å²) in [5.74, 6) is -3.34. The van der Waals surface area contributed by atoms with Gasteiger partial charge in [-0.2, -0.15) is 15.4 Å². The van der Waals surface area contributed by atoms with Crippen molar-refractivity contribution in [1.82, 2.24) is 19.7 Å². The molecule has 0 amide bonds. The Morgan fingerprint density at radius 1 is 0.966 bits per heavy atom. The second-order valence-electron chi connectivity index (χ2n) is 15.0. The fraction of sp³-hybridized carbons (Fsp3) is 0.450. The normalized spacial score (nSPS) is 20.9. The predicted octanol–water partition coefficient (Wildman–Crippen LogP) is 5.50. The summed E-state index contributed by atoms with van der Waals surface area (Å²) in [6, 6.07) is 21.4. The van der Waals surface area contributed by atoms with E-state index in [0.717, 1.165) is 5.56 Å². The highest BCUT2D eigenvalue weighted by Crippen LogP contribution is 2.50. The molecule has 1 aliphatic rings. The van der Waals surface area contributed by atoms with Gasteiger partial charge in [-0.15, -0.1) is 0 Å². The smallest absolute Gasteiger partial charge is 0.459 e. The number of hydrogen-bond donors (Lipinski definition) is 2. The van der Waals surface area contributed by atoms with Gasteiger partial charge >= 0.3 is 25.7 Å². The number of hydrogen-bond acceptors (Lipinski definition) is 15. The molecule has 4 aromatic rings. The molecule has 2 unspecified atom stereocenters. The summed E-state index contributed by atoms with van der Waals surface area (Å²) in [4.78, 5) is 43.8. The number of para-hydroxylation sites is 1. The van der Waals surface area contributed by atoms with Gasteiger partial charge in [0.05, 0.1) is 29.7 Å². The minimum absolute atomic E-state index is 0.0917. The molecule has 310 valence electrons. The maximum atomic E-state index is 14.7. The van der Waals surface area contributed by atoms with Crippen LogP contribution < -0.4 is 15.3 Å². The third-order valence-corrected chi connectivity index (χ3v) is 10.6. The molecule has 17 nitrogen and oxygen atoms in total. The van der Waals surface area contributed by atoms with Crippen molar-refractivity contribution in [3.8, 4) is 11.8 Å². The Balaban J connectivity index is 1.44. The number of aromatic nitrogens is 3. The van der Waals surface area contributed by atoms with Gasteiger partial charge in [-0.3, -0.25) is 18.9 Å². The first-order valence-electron chi connectivity index (χ1n) is 18.7. The SMILES string of the molecule is CC(C)C(=O)O[C@H]1[C@H](c2ccc3c(N)ncnn23)O[C@](C#N)(COP(=O)(NC(C)C(=O)OCC(C)(C)OCc2ccccc2)Oc2ccccc2)[C@H]1OC(=O)C(C)C. The van der Waals surface area contributed by atoms with Crippen LogP contribution in [0.25, 0.3) is 5.52 Å². The molecule has 0 aliphatic carbocycles. The van der Waals surface area contributed by atoms with Gasteiger partial charge in [0.25, 0.3) is 0 Å². The van der Waals surface area contributed by atoms with Crippen LogP contribution >= 0.6 is 7.75 Å². The van der Waals surface area contributed by atoms with Crippen molar-refractivity contribution in [3.63, 3.8) is 0 Å². The lowest BCUT2D eigenvalue weighted by molar-refractivity contribution is -0.173. The van der Waals surface area contributed by atoms with Crippen molar-refractivity contribution >= 4 is 37.0 Å². The number of nitriles is 1. The van der Waals surface area contributed by atoms with Crippen LogP contribution in [-0.2, 0) is 53.8 Å². The third-order valence-electron chi connectivity index (χ3n) is 8.98. The zero-order valence-electron chi connectivity index (χ0n) is 33.4. The van der Waals surface area contributed by atoms with Gasteiger partial charge < -0.3 is 33.9 Å². The molecule has 0 saturated carbocycles. The Bertz CT molecular complexity index is 2140. The molecule has 1 aliphatic heterocycles. The molecule has 0 radical (unpaired) electrons. The lowest BCUT2D eigenvalue weighted by Gasteiger charge is -2.31. The number of nitrogens with zero attached hydrogens (tertiary/aromatic N) is 4. The number of rotatable bonds is 18. The average Bonchev–Trinajstić information content (AvgIpc) is 3.76. The van der Waals surface area contributed by atoms with E-state index in [0.29, 0.717) is 5.52 Å². The van der Waals surface area contributed by atoms with Crippen LogP contribution in [0.3, 0.4) is 0 Å². The number of carbonyl (C=O) groups is 3. The molecule has 18 heteroatoms. The Hall–Kier alpha value is -5.37. The number of nitrogens with two attached hydrogens (primary N) is 1. The molecule has 2 aromatic carbocycles. The second-order valence-corrected chi connectivity index (χ2v) is 16.7. The summed E-state index contributed by atoms with van der Waals surface area (Å²) in [5.41, 5.74) is 4.50. The summed E-state index contributed by atoms with van der Waals surface area (Å²) in [6.07, 6.45) is -3.19. The van der Waals surface area contributed by atoms with Gasteiger partial charge in [0.1, 0.15) is 49.0 Å². The van der Waals surface area contributed by atoms with Crippen molar-refractivity contribution in [2.75, 3.05) is 18.9 Å². The summed E-state index contributed by atoms with van der Waals surface area (Å²) in [6.45, 7) is 10.5. The standard InChI is InChI=1S/C40H49N6O11P/c1-25(2)36(47)54-33-32(30-18-19-31-35(42)43-24-44-46(30)31)56-40(21-41,34(33)55-37(48)26(3)4)23-53-58(50,57-29-16-12-9-13-17-29)45-27(5)38(49)51-22-39(6,7)52-20-28-14-10-8-11-15-28/h8-19,24-27,32-34H,20,22-23H2,1-7H3,(H,45,50)(H2,42,43,44)/t27?,32-,33-,34-,40+,58?/m0/s1. The molecule has 58 heavy (non-hydrogen) atoms. The van der Waals surface area contributed by atoms with Crippen molar-refractivity contribution in [1.29, 1.82) is 5.26 Å². The maximum absolute atomic E-state index is 14.7. The first-order chi connectivity index (χ1) is 27.5. The second kappa shape index (κ2) is 18.5. The number of nitrogens with one attached hydrogen (secondary N) is 1. The van der Waals surface area contributed by atoms with Crippen LogP contribution in [0.5, 0.6) is 5.75 Å². The van der Waals surface area contributed by atoms with E-state index in [4.69, 9.17) is 38.5 Å². The number of fused-ring (bicyclic) bond motifs is 1. The van der Waals surface area contributed by atoms with Gasteiger partial charge in [0, 0.05) is 0 Å². The molecule has 1 saturated heterocycles. The highest BCUT2D eigenvalue weighted by atomic mass is 31.2. The molecule has 6 atom stereocenters. The first-order valence-corrected chi connectivity index (χ1v) is 20.2. The summed E-state index contributed by atoms with van der Waals surface area (Å²) in [5, 5.41) is 17.8. The van der Waals surface area contributed by atoms with Crippen LogP contribution in [-0.4, -0.2) is 75.2 Å². The minimum atomic E-state index is -4.65. The number of anilines is 1. The monoisotopic (exact) mass is 820 g/mol. The van der Waals surface area contributed by atoms with E-state index in [1.807, 2.05) is 36.4 Å². The number of benzene rings is 2. The van der Waals surface area contributed by atoms with E-state index in [1.54, 1.807) is 71.9 Å². The van der Waals surface area contributed by atoms with Crippen LogP contribution in [0.4, 0.5) is 5.82 Å². The molecule has 3 N–H and O–H groups in total. The molecule has 1 fully saturated rings. The lowest BCUT2D eigenvalue weighted by Crippen LogP contribution is -2.50. The Labute approximate surface area is 336 Å². The van der Waals surface area contributed by atoms with E-state index in [1.165, 1.54) is 29.9 Å². The number of ether oxygens (including phenoxy) is 5. The average molecular weight is 821 g/mol. The van der Waals surface area contributed by atoms with E-state index in [2.05, 4.69) is 15.2 Å². The summed E-state index contributed by atoms with van der Waals surface area (Å²) >= 11 is 0. The van der Waals surface area contributed by atoms with E-state index >= 15 is 0 Å². The minimum Gasteiger partial charge on any atom is -0.461 e. The molecule has 0 bridgehead atoms. The van der Waals surface area contributed by atoms with Crippen LogP contribution in [0, 0.1) is 23.2 Å². The highest BCUT2D eigenvalue weighted by molar-refractivity contribution is 7.52. The van der Waals surface area contributed by atoms with Gasteiger partial charge in [-0.25, -0.2) is 14.1 Å².